The molecular formula is C33H36FN5O4. The molecule has 1 saturated heterocycles. The third kappa shape index (κ3) is 6.25. The summed E-state index contributed by atoms with van der Waals surface area (Å²) < 4.78 is 27.1. The standard InChI is InChI=1S/C33H36FN5O4/c1-42-16-4-15-39-28-7-2-6-26(34)31(28)37-32(39)24-5-3-14-38(20-24)30(40)19-25(35)17-21-8-10-22(11-9-21)23-12-13-29-27(18-23)36-33(41)43-29/h2,6-13,18,24-25H,3-5,14-17,19-20,35H2,1H3,(H,36,41)/t24-,25-/m1/s1. The van der Waals surface area contributed by atoms with Gasteiger partial charge in [-0.05, 0) is 66.6 Å². The number of aromatic nitrogens is 3. The molecule has 224 valence electrons. The van der Waals surface area contributed by atoms with Gasteiger partial charge < -0.3 is 24.4 Å². The molecule has 0 unspecified atom stereocenters. The topological polar surface area (TPSA) is 119 Å². The molecule has 10 heteroatoms. The number of nitrogens with zero attached hydrogens (tertiary/aromatic N) is 3. The number of likely N-dealkylation sites (tertiary alicyclic amines) is 1. The van der Waals surface area contributed by atoms with Gasteiger partial charge in [0.25, 0.3) is 0 Å². The number of para-hydroxylation sites is 1. The Hall–Kier alpha value is -4.28. The Morgan fingerprint density at radius 2 is 2.00 bits per heavy atom. The largest absolute Gasteiger partial charge is 0.417 e. The molecule has 0 spiro atoms. The number of H-pyrrole nitrogens is 1. The molecule has 0 saturated carbocycles. The number of amides is 1. The first-order chi connectivity index (χ1) is 20.9. The molecule has 3 heterocycles. The SMILES string of the molecule is COCCCn1c([C@@H]2CCCN(C(=O)C[C@H](N)Cc3ccc(-c4ccc5oc(=O)[nH]c5c4)cc3)C2)nc2c(F)cccc21. The summed E-state index contributed by atoms with van der Waals surface area (Å²) in [6.45, 7) is 2.51. The molecule has 0 radical (unpaired) electrons. The van der Waals surface area contributed by atoms with Gasteiger partial charge in [-0.15, -0.1) is 0 Å². The zero-order valence-electron chi connectivity index (χ0n) is 24.2. The van der Waals surface area contributed by atoms with Gasteiger partial charge in [0.2, 0.25) is 5.91 Å². The summed E-state index contributed by atoms with van der Waals surface area (Å²) in [4.78, 5) is 34.1. The van der Waals surface area contributed by atoms with Crippen molar-refractivity contribution in [2.24, 2.45) is 5.73 Å². The van der Waals surface area contributed by atoms with E-state index in [1.165, 1.54) is 6.07 Å². The molecule has 2 atom stereocenters. The molecule has 0 aliphatic carbocycles. The number of nitrogens with one attached hydrogen (secondary N) is 1. The van der Waals surface area contributed by atoms with E-state index in [9.17, 15) is 14.0 Å². The number of nitrogens with two attached hydrogens (primary N) is 1. The number of methoxy groups -OCH3 is 1. The van der Waals surface area contributed by atoms with Crippen LogP contribution in [0.15, 0.2) is 69.9 Å². The fraction of sp³-hybridized carbons (Fsp3) is 0.364. The molecule has 43 heavy (non-hydrogen) atoms. The van der Waals surface area contributed by atoms with Crippen LogP contribution in [0.1, 0.15) is 43.0 Å². The Morgan fingerprint density at radius 1 is 1.19 bits per heavy atom. The van der Waals surface area contributed by atoms with Crippen molar-refractivity contribution < 1.29 is 18.3 Å². The molecule has 3 aromatic carbocycles. The number of fused-ring (bicyclic) bond motifs is 2. The van der Waals surface area contributed by atoms with E-state index in [1.54, 1.807) is 19.2 Å². The van der Waals surface area contributed by atoms with Gasteiger partial charge in [-0.25, -0.2) is 14.2 Å². The molecular weight excluding hydrogens is 549 g/mol. The Bertz CT molecular complexity index is 1790. The van der Waals surface area contributed by atoms with Crippen LogP contribution in [0.4, 0.5) is 4.39 Å². The van der Waals surface area contributed by atoms with Crippen molar-refractivity contribution in [3.63, 3.8) is 0 Å². The molecule has 0 bridgehead atoms. The van der Waals surface area contributed by atoms with Crippen molar-refractivity contribution in [2.75, 3.05) is 26.8 Å². The maximum Gasteiger partial charge on any atom is 0.417 e. The van der Waals surface area contributed by atoms with Crippen molar-refractivity contribution in [3.8, 4) is 11.1 Å². The van der Waals surface area contributed by atoms with Crippen molar-refractivity contribution in [3.05, 3.63) is 88.4 Å². The minimum absolute atomic E-state index is 0.0231. The summed E-state index contributed by atoms with van der Waals surface area (Å²) in [5.74, 6) is 0.0809. The molecule has 1 aliphatic heterocycles. The van der Waals surface area contributed by atoms with Crippen molar-refractivity contribution in [2.45, 2.75) is 50.6 Å². The number of carbonyl (C=O) groups excluding carboxylic acids is 1. The van der Waals surface area contributed by atoms with Crippen LogP contribution < -0.4 is 11.5 Å². The van der Waals surface area contributed by atoms with Crippen molar-refractivity contribution in [1.29, 1.82) is 0 Å². The molecule has 1 fully saturated rings. The van der Waals surface area contributed by atoms with E-state index >= 15 is 0 Å². The summed E-state index contributed by atoms with van der Waals surface area (Å²) in [7, 11) is 1.67. The highest BCUT2D eigenvalue weighted by atomic mass is 19.1. The van der Waals surface area contributed by atoms with E-state index in [0.717, 1.165) is 47.3 Å². The van der Waals surface area contributed by atoms with Crippen LogP contribution in [-0.4, -0.2) is 58.2 Å². The lowest BCUT2D eigenvalue weighted by molar-refractivity contribution is -0.132. The van der Waals surface area contributed by atoms with Gasteiger partial charge in [0.1, 0.15) is 11.3 Å². The fourth-order valence-electron chi connectivity index (χ4n) is 6.15. The van der Waals surface area contributed by atoms with Gasteiger partial charge in [-0.3, -0.25) is 9.78 Å². The van der Waals surface area contributed by atoms with Crippen LogP contribution >= 0.6 is 0 Å². The third-order valence-corrected chi connectivity index (χ3v) is 8.27. The summed E-state index contributed by atoms with van der Waals surface area (Å²) in [6.07, 6.45) is 3.36. The van der Waals surface area contributed by atoms with Crippen LogP contribution in [0.2, 0.25) is 0 Å². The zero-order chi connectivity index (χ0) is 29.9. The number of aromatic amines is 1. The second kappa shape index (κ2) is 12.5. The highest BCUT2D eigenvalue weighted by Gasteiger charge is 2.29. The molecule has 9 nitrogen and oxygen atoms in total. The van der Waals surface area contributed by atoms with Crippen LogP contribution in [0, 0.1) is 5.82 Å². The van der Waals surface area contributed by atoms with Crippen LogP contribution in [0.25, 0.3) is 33.3 Å². The van der Waals surface area contributed by atoms with Gasteiger partial charge in [0.05, 0.1) is 11.0 Å². The quantitative estimate of drug-likeness (QED) is 0.223. The predicted molar refractivity (Wildman–Crippen MR) is 163 cm³/mol. The molecule has 3 N–H and O–H groups in total. The lowest BCUT2D eigenvalue weighted by Gasteiger charge is -2.33. The summed E-state index contributed by atoms with van der Waals surface area (Å²) >= 11 is 0. The summed E-state index contributed by atoms with van der Waals surface area (Å²) in [5.41, 5.74) is 11.8. The van der Waals surface area contributed by atoms with E-state index < -0.39 is 5.76 Å². The first-order valence-corrected chi connectivity index (χ1v) is 14.8. The number of benzene rings is 3. The molecule has 6 rings (SSSR count). The van der Waals surface area contributed by atoms with E-state index in [1.807, 2.05) is 47.4 Å². The van der Waals surface area contributed by atoms with Gasteiger partial charge >= 0.3 is 5.76 Å². The van der Waals surface area contributed by atoms with Crippen LogP contribution in [-0.2, 0) is 22.5 Å². The van der Waals surface area contributed by atoms with Gasteiger partial charge in [-0.2, -0.15) is 0 Å². The second-order valence-electron chi connectivity index (χ2n) is 11.3. The number of rotatable bonds is 10. The number of carbonyl (C=O) groups is 1. The van der Waals surface area contributed by atoms with Gasteiger partial charge in [-0.1, -0.05) is 36.4 Å². The van der Waals surface area contributed by atoms with E-state index in [-0.39, 0.29) is 30.1 Å². The maximum atomic E-state index is 14.6. The Kier molecular flexibility index (Phi) is 8.40. The van der Waals surface area contributed by atoms with E-state index in [4.69, 9.17) is 19.9 Å². The highest BCUT2D eigenvalue weighted by Crippen LogP contribution is 2.31. The first kappa shape index (κ1) is 28.8. The lowest BCUT2D eigenvalue weighted by atomic mass is 9.95. The van der Waals surface area contributed by atoms with Gasteiger partial charge in [0, 0.05) is 51.7 Å². The number of oxazole rings is 1. The number of imidazole rings is 1. The summed E-state index contributed by atoms with van der Waals surface area (Å²) in [5, 5.41) is 0. The molecule has 1 amide bonds. The number of halogens is 1. The Balaban J connectivity index is 1.09. The maximum absolute atomic E-state index is 14.6. The number of hydrogen-bond donors (Lipinski definition) is 2. The molecule has 5 aromatic rings. The van der Waals surface area contributed by atoms with Gasteiger partial charge in [0.15, 0.2) is 11.4 Å². The Morgan fingerprint density at radius 3 is 2.81 bits per heavy atom. The number of ether oxygens (including phenoxy) is 1. The van der Waals surface area contributed by atoms with Crippen molar-refractivity contribution in [1.82, 2.24) is 19.4 Å². The monoisotopic (exact) mass is 585 g/mol. The second-order valence-corrected chi connectivity index (χ2v) is 11.3. The Labute approximate surface area is 248 Å². The zero-order valence-corrected chi connectivity index (χ0v) is 24.2. The normalized spacial score (nSPS) is 16.3. The average molecular weight is 586 g/mol. The summed E-state index contributed by atoms with van der Waals surface area (Å²) in [6, 6.07) is 18.4. The highest BCUT2D eigenvalue weighted by molar-refractivity contribution is 5.80. The number of aryl methyl sites for hydroxylation is 1. The van der Waals surface area contributed by atoms with Crippen molar-refractivity contribution >= 4 is 28.0 Å². The minimum Gasteiger partial charge on any atom is -0.408 e. The van der Waals surface area contributed by atoms with Crippen LogP contribution in [0.5, 0.6) is 0 Å². The smallest absolute Gasteiger partial charge is 0.408 e. The molecule has 1 aliphatic rings. The number of hydrogen-bond acceptors (Lipinski definition) is 6. The first-order valence-electron chi connectivity index (χ1n) is 14.8. The number of piperidine rings is 1. The lowest BCUT2D eigenvalue weighted by Crippen LogP contribution is -2.42. The van der Waals surface area contributed by atoms with Crippen LogP contribution in [0.3, 0.4) is 0 Å². The van der Waals surface area contributed by atoms with E-state index in [0.29, 0.717) is 49.3 Å². The minimum atomic E-state index is -0.473. The van der Waals surface area contributed by atoms with E-state index in [2.05, 4.69) is 9.55 Å². The molecule has 2 aromatic heterocycles. The fourth-order valence-corrected chi connectivity index (χ4v) is 6.15. The third-order valence-electron chi connectivity index (χ3n) is 8.27. The average Bonchev–Trinajstić information content (AvgIpc) is 3.57. The predicted octanol–water partition coefficient (Wildman–Crippen LogP) is 4.98.